The molecule has 0 radical (unpaired) electrons. The van der Waals surface area contributed by atoms with Crippen molar-refractivity contribution in [2.75, 3.05) is 54.0 Å². The molecule has 732 valence electrons. The first-order chi connectivity index (χ1) is 66.5. The van der Waals surface area contributed by atoms with E-state index in [1.165, 1.54) is 50.1 Å². The fourth-order valence-corrected chi connectivity index (χ4v) is 20.5. The van der Waals surface area contributed by atoms with Crippen molar-refractivity contribution in [2.45, 2.75) is 158 Å². The van der Waals surface area contributed by atoms with Crippen LogP contribution in [0.2, 0.25) is 45.2 Å². The summed E-state index contributed by atoms with van der Waals surface area (Å²) in [4.78, 5) is 119. The van der Waals surface area contributed by atoms with Gasteiger partial charge >= 0.3 is 0 Å². The number of carbonyl (C=O) groups is 3. The molecule has 0 spiro atoms. The van der Waals surface area contributed by atoms with Gasteiger partial charge in [-0.3, -0.25) is 57.4 Å². The fourth-order valence-electron chi connectivity index (χ4n) is 18.7. The molecule has 9 aromatic heterocycles. The van der Waals surface area contributed by atoms with E-state index in [0.717, 1.165) is 0 Å². The van der Waals surface area contributed by atoms with E-state index < -0.39 is 133 Å². The Morgan fingerprint density at radius 3 is 0.851 bits per heavy atom. The van der Waals surface area contributed by atoms with E-state index >= 15 is 13.2 Å². The van der Waals surface area contributed by atoms with E-state index in [-0.39, 0.29) is 193 Å². The molecule has 12 heterocycles. The monoisotopic (exact) mass is 2100 g/mol. The summed E-state index contributed by atoms with van der Waals surface area (Å²) in [5.74, 6) is -13.2. The molecule has 0 bridgehead atoms. The molecule has 3 fully saturated rings. The van der Waals surface area contributed by atoms with Crippen molar-refractivity contribution in [2.24, 2.45) is 0 Å². The number of piperazine rings is 3. The minimum Gasteiger partial charge on any atom is -0.506 e. The largest absolute Gasteiger partial charge is 0.506 e. The Kier molecular flexibility index (Phi) is 31.0. The predicted molar refractivity (Wildman–Crippen MR) is 537 cm³/mol. The summed E-state index contributed by atoms with van der Waals surface area (Å²) in [5.41, 5.74) is -1.67. The molecule has 141 heavy (non-hydrogen) atoms. The van der Waals surface area contributed by atoms with Crippen molar-refractivity contribution in [3.05, 3.63) is 255 Å². The first-order valence-electron chi connectivity index (χ1n) is 43.7. The van der Waals surface area contributed by atoms with Crippen molar-refractivity contribution in [1.82, 2.24) is 58.3 Å². The molecule has 15 rings (SSSR count). The number of benzene rings is 3. The van der Waals surface area contributed by atoms with Crippen LogP contribution in [-0.4, -0.2) is 167 Å². The number of aryl methyl sites for hydroxylation is 3. The molecule has 0 saturated carbocycles. The van der Waals surface area contributed by atoms with E-state index in [0.29, 0.717) is 50.8 Å². The molecule has 3 aliphatic heterocycles. The molecule has 12 aromatic rings. The minimum absolute atomic E-state index is 0.0726. The number of anilines is 3. The summed E-state index contributed by atoms with van der Waals surface area (Å²) in [6, 6.07) is 13.3. The van der Waals surface area contributed by atoms with Gasteiger partial charge < -0.3 is 44.7 Å². The minimum atomic E-state index is -1.56. The van der Waals surface area contributed by atoms with Gasteiger partial charge in [0.05, 0.1) is 105 Å². The van der Waals surface area contributed by atoms with Gasteiger partial charge in [-0.15, -0.1) is 0 Å². The molecular weight excluding hydrogens is 2020 g/mol. The highest BCUT2D eigenvalue weighted by Gasteiger charge is 2.43. The third-order valence-corrected chi connectivity index (χ3v) is 28.1. The zero-order valence-corrected chi connectivity index (χ0v) is 84.8. The normalized spacial score (nSPS) is 16.6. The number of aromatic nitrogens is 9. The van der Waals surface area contributed by atoms with Crippen molar-refractivity contribution in [3.8, 4) is 86.3 Å². The van der Waals surface area contributed by atoms with Crippen LogP contribution in [0.1, 0.15) is 151 Å². The van der Waals surface area contributed by atoms with Gasteiger partial charge in [0.15, 0.2) is 40.7 Å². The fraction of sp³-hybridized carbons (Fsp3) is 0.303. The Balaban J connectivity index is 0.000000178. The van der Waals surface area contributed by atoms with Crippen LogP contribution in [0.5, 0.6) is 17.2 Å². The Hall–Kier alpha value is -12.7. The van der Waals surface area contributed by atoms with E-state index in [9.17, 15) is 73.0 Å². The van der Waals surface area contributed by atoms with Gasteiger partial charge in [0.25, 0.3) is 16.7 Å². The van der Waals surface area contributed by atoms with Crippen molar-refractivity contribution in [3.63, 3.8) is 0 Å². The van der Waals surface area contributed by atoms with Gasteiger partial charge in [-0.05, 0) is 151 Å². The van der Waals surface area contributed by atoms with E-state index in [2.05, 4.69) is 67.8 Å². The van der Waals surface area contributed by atoms with Gasteiger partial charge in [-0.2, -0.15) is 15.8 Å². The molecular formula is C99H87Cl9F6N18O9. The number of rotatable bonds is 15. The number of hydrogen-bond acceptors (Lipinski definition) is 21. The van der Waals surface area contributed by atoms with Crippen molar-refractivity contribution in [1.29, 1.82) is 15.8 Å². The van der Waals surface area contributed by atoms with Crippen molar-refractivity contribution < 1.29 is 56.0 Å². The average molecular weight is 2110 g/mol. The number of fused-ring (bicyclic) bond motifs is 3. The highest BCUT2D eigenvalue weighted by Crippen LogP contribution is 2.52. The average Bonchev–Trinajstić information content (AvgIpc) is 0.725. The maximum absolute atomic E-state index is 15.6. The molecule has 3 saturated heterocycles. The number of hydrogen-bond donors (Lipinski definition) is 3. The summed E-state index contributed by atoms with van der Waals surface area (Å²) in [6.07, 6.45) is 8.47. The van der Waals surface area contributed by atoms with Gasteiger partial charge in [0.1, 0.15) is 88.5 Å². The first-order valence-corrected chi connectivity index (χ1v) is 47.1. The summed E-state index contributed by atoms with van der Waals surface area (Å²) in [5, 5.41) is 59.2. The summed E-state index contributed by atoms with van der Waals surface area (Å²) < 4.78 is 94.8. The number of aromatic hydroxyl groups is 3. The Morgan fingerprint density at radius 2 is 0.617 bits per heavy atom. The lowest BCUT2D eigenvalue weighted by molar-refractivity contribution is -0.131. The van der Waals surface area contributed by atoms with Crippen LogP contribution in [0.15, 0.2) is 107 Å². The number of phenolic OH excluding ortho intramolecular Hbond substituents is 3. The molecule has 0 aliphatic carbocycles. The smallest absolute Gasteiger partial charge is 0.276 e. The maximum Gasteiger partial charge on any atom is 0.276 e. The zero-order chi connectivity index (χ0) is 104. The van der Waals surface area contributed by atoms with Crippen LogP contribution >= 0.6 is 104 Å². The lowest BCUT2D eigenvalue weighted by Gasteiger charge is -2.45. The van der Waals surface area contributed by atoms with Crippen molar-refractivity contribution >= 4 is 172 Å². The Labute approximate surface area is 849 Å². The number of nitrogens with zero attached hydrogens (tertiary/aromatic N) is 18. The van der Waals surface area contributed by atoms with Crippen LogP contribution < -0.4 is 31.4 Å². The zero-order valence-electron chi connectivity index (χ0n) is 78.0. The predicted octanol–water partition coefficient (Wildman–Crippen LogP) is 21.9. The molecule has 3 amide bonds. The van der Waals surface area contributed by atoms with Crippen LogP contribution in [0.25, 0.3) is 83.9 Å². The number of halogens is 15. The number of phenols is 3. The maximum atomic E-state index is 15.6. The molecule has 3 aliphatic rings. The van der Waals surface area contributed by atoms with Gasteiger partial charge in [0.2, 0.25) is 17.7 Å². The second-order valence-corrected chi connectivity index (χ2v) is 38.6. The van der Waals surface area contributed by atoms with Crippen LogP contribution in [0.4, 0.5) is 43.4 Å². The standard InChI is InChI=1S/3C33H29Cl3F2N6O3/c2*1-7-21(45)43-16(5)12-42(13-17(43)6)30-18-10-20(34)28(22-25(37)26(38)23(35)24(36)31(22)46)41-32(18)44(33(47)19(30)11-39)29-15(4)8-9-40-27(29)14(2)3;1-7-21(45)43-16(5)12-42(13-17(43)6)30-18-10-20(34)28(22-25(37)23(35)24(36)26(38)31(22)46)41-32(18)44(33(47)19(30)11-39)29-15(4)8-9-40-27(29)14(2)3/h3*7-10,14,16-17,46H,1,12-13H2,2-6H3/t3*16-,17+. The molecule has 6 atom stereocenters. The molecule has 3 aromatic carbocycles. The third-order valence-electron chi connectivity index (χ3n) is 24.8. The number of amides is 3. The number of carbonyl (C=O) groups excluding carboxylic acids is 3. The lowest BCUT2D eigenvalue weighted by atomic mass is 10.0. The highest BCUT2D eigenvalue weighted by atomic mass is 35.5. The number of nitriles is 3. The van der Waals surface area contributed by atoms with E-state index in [1.807, 2.05) is 97.8 Å². The molecule has 3 N–H and O–H groups in total. The topological polar surface area (TPSA) is 346 Å². The van der Waals surface area contributed by atoms with Gasteiger partial charge in [-0.25, -0.2) is 41.3 Å². The molecule has 27 nitrogen and oxygen atoms in total. The van der Waals surface area contributed by atoms with Crippen LogP contribution in [0, 0.1) is 89.7 Å². The Morgan fingerprint density at radius 1 is 0.383 bits per heavy atom. The SMILES string of the molecule is C=CC(=O)N1[C@H](C)CN(c2c(C#N)c(=O)n(-c3c(C)ccnc3C(C)C)c3nc(-c4c(O)c(Cl)c(Cl)c(F)c4F)c(Cl)cc23)C[C@@H]1C.C=CC(=O)N1[C@H](C)CN(c2c(C#N)c(=O)n(-c3c(C)ccnc3C(C)C)c3nc(-c4c(O)c(Cl)c(Cl)c(F)c4F)c(Cl)cc23)C[C@@H]1C.C=CC(=O)N1[C@H](C)CN(c2c(C#N)c(=O)n(-c3c(C)ccnc3C(C)C)c3nc(-c4c(O)c(F)c(Cl)c(Cl)c4F)c(Cl)cc23)C[C@@H]1C. The van der Waals surface area contributed by atoms with Gasteiger partial charge in [-0.1, -0.05) is 166 Å². The second kappa shape index (κ2) is 41.5. The van der Waals surface area contributed by atoms with Crippen LogP contribution in [0.3, 0.4) is 0 Å². The van der Waals surface area contributed by atoms with Gasteiger partial charge in [0, 0.05) is 110 Å². The molecule has 0 unspecified atom stereocenters. The summed E-state index contributed by atoms with van der Waals surface area (Å²) in [6.45, 7) is 39.7. The van der Waals surface area contributed by atoms with Crippen LogP contribution in [-0.2, 0) is 14.4 Å². The Bertz CT molecular complexity index is 6870. The second-order valence-electron chi connectivity index (χ2n) is 35.1. The summed E-state index contributed by atoms with van der Waals surface area (Å²) >= 11 is 55.6. The van der Waals surface area contributed by atoms with E-state index in [1.54, 1.807) is 72.3 Å². The third kappa shape index (κ3) is 18.4. The highest BCUT2D eigenvalue weighted by molar-refractivity contribution is 6.45. The molecule has 42 heteroatoms. The first kappa shape index (κ1) is 106. The number of pyridine rings is 9. The van der Waals surface area contributed by atoms with E-state index in [4.69, 9.17) is 104 Å². The lowest BCUT2D eigenvalue weighted by Crippen LogP contribution is -2.58. The quantitative estimate of drug-likeness (QED) is 0.0371. The summed E-state index contributed by atoms with van der Waals surface area (Å²) in [7, 11) is 0.